The number of hydrogen-bond donors (Lipinski definition) is 2. The minimum Gasteiger partial charge on any atom is -0.497 e. The Morgan fingerprint density at radius 1 is 0.833 bits per heavy atom. The minimum absolute atomic E-state index is 0.0603. The van der Waals surface area contributed by atoms with Gasteiger partial charge in [-0.15, -0.1) is 11.8 Å². The van der Waals surface area contributed by atoms with Crippen LogP contribution in [-0.4, -0.2) is 46.0 Å². The van der Waals surface area contributed by atoms with E-state index in [-0.39, 0.29) is 17.2 Å². The van der Waals surface area contributed by atoms with E-state index in [0.717, 1.165) is 28.0 Å². The summed E-state index contributed by atoms with van der Waals surface area (Å²) < 4.78 is 4.77. The van der Waals surface area contributed by atoms with Crippen LogP contribution in [0, 0.1) is 0 Å². The van der Waals surface area contributed by atoms with E-state index in [0.29, 0.717) is 6.54 Å². The monoisotopic (exact) mass is 577 g/mol. The normalized spacial score (nSPS) is 20.9. The van der Waals surface area contributed by atoms with Crippen molar-refractivity contribution in [3.05, 3.63) is 138 Å². The van der Waals surface area contributed by atoms with Gasteiger partial charge in [-0.3, -0.25) is 14.9 Å². The molecule has 0 saturated carbocycles. The fraction of sp³-hybridized carbons (Fsp3) is 0.257. The molecule has 3 atom stereocenters. The average molecular weight is 578 g/mol. The van der Waals surface area contributed by atoms with E-state index < -0.39 is 22.4 Å². The van der Waals surface area contributed by atoms with Crippen molar-refractivity contribution in [1.29, 1.82) is 0 Å². The van der Waals surface area contributed by atoms with Gasteiger partial charge in [0, 0.05) is 11.3 Å². The maximum Gasteiger partial charge on any atom is 0.244 e. The lowest BCUT2D eigenvalue weighted by Gasteiger charge is -2.49. The number of carbonyl (C=O) groups excluding carboxylic acids is 2. The molecular weight excluding hydrogens is 542 g/mol. The molecule has 4 aromatic rings. The van der Waals surface area contributed by atoms with Crippen molar-refractivity contribution >= 4 is 23.6 Å². The van der Waals surface area contributed by atoms with Crippen molar-refractivity contribution in [1.82, 2.24) is 15.5 Å². The van der Waals surface area contributed by atoms with Crippen LogP contribution in [0.5, 0.6) is 5.75 Å². The number of nitrogens with one attached hydrogen (secondary N) is 2. The van der Waals surface area contributed by atoms with Crippen LogP contribution in [0.1, 0.15) is 36.1 Å². The third kappa shape index (κ3) is 4.86. The molecule has 2 aliphatic heterocycles. The molecule has 0 aliphatic carbocycles. The standard InChI is InChI=1S/C35H35N3O3S/c1-34(2)30(31(39)36-23-24-19-21-28(41-3)22-20-24)38-32(40)29(33(38)42-34)37-35(25-13-7-4-8-14-25,26-15-9-5-10-16-26)27-17-11-6-12-18-27/h4-22,29-30,33,37H,23H2,1-3H3,(H,36,39). The van der Waals surface area contributed by atoms with Gasteiger partial charge in [0.05, 0.1) is 12.6 Å². The Bertz CT molecular complexity index is 1450. The maximum absolute atomic E-state index is 14.0. The highest BCUT2D eigenvalue weighted by molar-refractivity contribution is 8.01. The molecule has 2 fully saturated rings. The summed E-state index contributed by atoms with van der Waals surface area (Å²) in [4.78, 5) is 29.4. The van der Waals surface area contributed by atoms with Crippen LogP contribution in [0.3, 0.4) is 0 Å². The first kappa shape index (κ1) is 28.1. The van der Waals surface area contributed by atoms with Gasteiger partial charge >= 0.3 is 0 Å². The van der Waals surface area contributed by atoms with Crippen molar-refractivity contribution in [2.75, 3.05) is 7.11 Å². The van der Waals surface area contributed by atoms with Crippen LogP contribution in [0.15, 0.2) is 115 Å². The first-order chi connectivity index (χ1) is 20.3. The first-order valence-electron chi connectivity index (χ1n) is 14.2. The summed E-state index contributed by atoms with van der Waals surface area (Å²) in [5.41, 5.74) is 3.34. The van der Waals surface area contributed by atoms with Gasteiger partial charge in [0.25, 0.3) is 0 Å². The van der Waals surface area contributed by atoms with Crippen molar-refractivity contribution in [2.24, 2.45) is 0 Å². The highest BCUT2D eigenvalue weighted by atomic mass is 32.2. The Hall–Kier alpha value is -4.07. The molecule has 2 amide bonds. The summed E-state index contributed by atoms with van der Waals surface area (Å²) in [6.07, 6.45) is 0. The quantitative estimate of drug-likeness (QED) is 0.208. The highest BCUT2D eigenvalue weighted by Crippen LogP contribution is 2.52. The van der Waals surface area contributed by atoms with Gasteiger partial charge in [-0.25, -0.2) is 0 Å². The number of amides is 2. The van der Waals surface area contributed by atoms with Crippen LogP contribution in [0.25, 0.3) is 0 Å². The Balaban J connectivity index is 1.30. The molecule has 2 saturated heterocycles. The number of nitrogens with zero attached hydrogens (tertiary/aromatic N) is 1. The van der Waals surface area contributed by atoms with E-state index >= 15 is 0 Å². The largest absolute Gasteiger partial charge is 0.497 e. The molecule has 4 aromatic carbocycles. The number of hydrogen-bond acceptors (Lipinski definition) is 5. The third-order valence-corrected chi connectivity index (χ3v) is 9.88. The topological polar surface area (TPSA) is 70.7 Å². The molecular formula is C35H35N3O3S. The van der Waals surface area contributed by atoms with Crippen LogP contribution < -0.4 is 15.4 Å². The zero-order valence-electron chi connectivity index (χ0n) is 24.0. The van der Waals surface area contributed by atoms with Crippen molar-refractivity contribution in [3.8, 4) is 5.75 Å². The summed E-state index contributed by atoms with van der Waals surface area (Å²) in [5, 5.41) is 6.74. The lowest BCUT2D eigenvalue weighted by Crippen LogP contribution is -2.73. The van der Waals surface area contributed by atoms with Crippen molar-refractivity contribution in [3.63, 3.8) is 0 Å². The molecule has 0 spiro atoms. The lowest BCUT2D eigenvalue weighted by molar-refractivity contribution is -0.154. The predicted molar refractivity (Wildman–Crippen MR) is 167 cm³/mol. The number of thioether (sulfide) groups is 1. The van der Waals surface area contributed by atoms with E-state index in [9.17, 15) is 9.59 Å². The molecule has 0 bridgehead atoms. The molecule has 6 nitrogen and oxygen atoms in total. The summed E-state index contributed by atoms with van der Waals surface area (Å²) in [5.74, 6) is 0.566. The molecule has 6 rings (SSSR count). The number of benzene rings is 4. The third-order valence-electron chi connectivity index (χ3n) is 8.31. The number of β-lactam (4-membered cyclic amide) rings is 1. The SMILES string of the molecule is COc1ccc(CNC(=O)C2N3C(=O)C(NC(c4ccccc4)(c4ccccc4)c4ccccc4)C3SC2(C)C)cc1. The Kier molecular flexibility index (Phi) is 7.56. The second kappa shape index (κ2) is 11.3. The molecule has 0 radical (unpaired) electrons. The number of ether oxygens (including phenoxy) is 1. The van der Waals surface area contributed by atoms with E-state index in [1.165, 1.54) is 0 Å². The van der Waals surface area contributed by atoms with Crippen molar-refractivity contribution < 1.29 is 14.3 Å². The molecule has 214 valence electrons. The number of fused-ring (bicyclic) bond motifs is 1. The summed E-state index contributed by atoms with van der Waals surface area (Å²) in [6.45, 7) is 4.49. The summed E-state index contributed by atoms with van der Waals surface area (Å²) >= 11 is 1.68. The molecule has 2 N–H and O–H groups in total. The zero-order valence-corrected chi connectivity index (χ0v) is 24.8. The predicted octanol–water partition coefficient (Wildman–Crippen LogP) is 5.32. The maximum atomic E-state index is 14.0. The lowest BCUT2D eigenvalue weighted by atomic mass is 9.76. The number of rotatable bonds is 9. The van der Waals surface area contributed by atoms with Gasteiger partial charge in [-0.05, 0) is 48.2 Å². The van der Waals surface area contributed by atoms with Crippen molar-refractivity contribution in [2.45, 2.75) is 48.1 Å². The van der Waals surface area contributed by atoms with Crippen LogP contribution >= 0.6 is 11.8 Å². The molecule has 0 aromatic heterocycles. The van der Waals surface area contributed by atoms with Gasteiger partial charge in [0.1, 0.15) is 23.2 Å². The molecule has 3 unspecified atom stereocenters. The summed E-state index contributed by atoms with van der Waals surface area (Å²) in [6, 6.07) is 37.4. The van der Waals surface area contributed by atoms with Crippen LogP contribution in [0.4, 0.5) is 0 Å². The second-order valence-corrected chi connectivity index (χ2v) is 13.1. The highest BCUT2D eigenvalue weighted by Gasteiger charge is 2.64. The number of carbonyl (C=O) groups is 2. The smallest absolute Gasteiger partial charge is 0.244 e. The Morgan fingerprint density at radius 2 is 1.33 bits per heavy atom. The van der Waals surface area contributed by atoms with Gasteiger partial charge < -0.3 is 15.0 Å². The molecule has 2 heterocycles. The zero-order chi connectivity index (χ0) is 29.3. The average Bonchev–Trinajstić information content (AvgIpc) is 3.29. The fourth-order valence-electron chi connectivity index (χ4n) is 6.25. The minimum atomic E-state index is -0.768. The fourth-order valence-corrected chi connectivity index (χ4v) is 7.88. The van der Waals surface area contributed by atoms with Gasteiger partial charge in [-0.1, -0.05) is 103 Å². The van der Waals surface area contributed by atoms with Gasteiger partial charge in [-0.2, -0.15) is 0 Å². The molecule has 7 heteroatoms. The number of methoxy groups -OCH3 is 1. The second-order valence-electron chi connectivity index (χ2n) is 11.3. The summed E-state index contributed by atoms with van der Waals surface area (Å²) in [7, 11) is 1.63. The van der Waals surface area contributed by atoms with E-state index in [4.69, 9.17) is 4.74 Å². The Morgan fingerprint density at radius 3 is 1.81 bits per heavy atom. The first-order valence-corrected chi connectivity index (χ1v) is 15.1. The molecule has 42 heavy (non-hydrogen) atoms. The van der Waals surface area contributed by atoms with E-state index in [1.807, 2.05) is 78.9 Å². The van der Waals surface area contributed by atoms with Gasteiger partial charge in [0.2, 0.25) is 11.8 Å². The van der Waals surface area contributed by atoms with Crippen LogP contribution in [0.2, 0.25) is 0 Å². The van der Waals surface area contributed by atoms with E-state index in [2.05, 4.69) is 60.9 Å². The Labute approximate surface area is 251 Å². The van der Waals surface area contributed by atoms with E-state index in [1.54, 1.807) is 23.8 Å². The van der Waals surface area contributed by atoms with Gasteiger partial charge in [0.15, 0.2) is 0 Å². The molecule has 2 aliphatic rings. The van der Waals surface area contributed by atoms with Crippen LogP contribution in [-0.2, 0) is 21.7 Å².